The van der Waals surface area contributed by atoms with Crippen molar-refractivity contribution in [2.45, 2.75) is 26.7 Å². The molecule has 0 bridgehead atoms. The Hall–Kier alpha value is -2.18. The molecular formula is C13H17N3O4. The number of aliphatic carboxylic acids is 1. The number of nitrogens with zero attached hydrogens (tertiary/aromatic N) is 2. The van der Waals surface area contributed by atoms with E-state index in [-0.39, 0.29) is 24.7 Å². The molecule has 1 saturated heterocycles. The zero-order valence-corrected chi connectivity index (χ0v) is 11.5. The third-order valence-corrected chi connectivity index (χ3v) is 3.55. The second-order valence-electron chi connectivity index (χ2n) is 5.17. The lowest BCUT2D eigenvalue weighted by Gasteiger charge is -2.38. The SMILES string of the molecule is Cc1nc(=O)[nH]c(C)c1CC(=O)N1CC(CC(=O)O)C1. The fourth-order valence-corrected chi connectivity index (χ4v) is 2.43. The number of aryl methyl sites for hydroxylation is 2. The third kappa shape index (κ3) is 3.04. The molecule has 0 radical (unpaired) electrons. The van der Waals surface area contributed by atoms with Crippen molar-refractivity contribution in [2.75, 3.05) is 13.1 Å². The van der Waals surface area contributed by atoms with Gasteiger partial charge in [0.2, 0.25) is 5.91 Å². The Kier molecular flexibility index (Phi) is 3.87. The van der Waals surface area contributed by atoms with Gasteiger partial charge in [0.25, 0.3) is 0 Å². The van der Waals surface area contributed by atoms with Crippen LogP contribution in [0.15, 0.2) is 4.79 Å². The van der Waals surface area contributed by atoms with Gasteiger partial charge in [-0.15, -0.1) is 0 Å². The Morgan fingerprint density at radius 1 is 1.40 bits per heavy atom. The fourth-order valence-electron chi connectivity index (χ4n) is 2.43. The fraction of sp³-hybridized carbons (Fsp3) is 0.538. The van der Waals surface area contributed by atoms with E-state index in [2.05, 4.69) is 9.97 Å². The minimum absolute atomic E-state index is 0.0485. The Labute approximate surface area is 115 Å². The van der Waals surface area contributed by atoms with Crippen LogP contribution in [0.1, 0.15) is 23.4 Å². The summed E-state index contributed by atoms with van der Waals surface area (Å²) < 4.78 is 0. The van der Waals surface area contributed by atoms with Crippen LogP contribution in [-0.4, -0.2) is 44.9 Å². The smallest absolute Gasteiger partial charge is 0.345 e. The number of carbonyl (C=O) groups is 2. The first kappa shape index (κ1) is 14.2. The minimum atomic E-state index is -0.835. The van der Waals surface area contributed by atoms with Crippen molar-refractivity contribution in [3.05, 3.63) is 27.4 Å². The number of hydrogen-bond donors (Lipinski definition) is 2. The summed E-state index contributed by atoms with van der Waals surface area (Å²) in [5, 5.41) is 8.66. The van der Waals surface area contributed by atoms with Gasteiger partial charge in [0.05, 0.1) is 12.8 Å². The zero-order chi connectivity index (χ0) is 14.9. The Bertz CT molecular complexity index is 576. The van der Waals surface area contributed by atoms with Gasteiger partial charge in [-0.3, -0.25) is 9.59 Å². The van der Waals surface area contributed by atoms with E-state index in [4.69, 9.17) is 5.11 Å². The molecule has 0 aromatic carbocycles. The highest BCUT2D eigenvalue weighted by atomic mass is 16.4. The molecule has 0 saturated carbocycles. The average Bonchev–Trinajstić information content (AvgIpc) is 2.27. The van der Waals surface area contributed by atoms with Gasteiger partial charge in [-0.1, -0.05) is 0 Å². The van der Waals surface area contributed by atoms with Gasteiger partial charge in [-0.2, -0.15) is 4.98 Å². The van der Waals surface area contributed by atoms with Crippen molar-refractivity contribution in [2.24, 2.45) is 5.92 Å². The Balaban J connectivity index is 1.97. The van der Waals surface area contributed by atoms with E-state index in [1.54, 1.807) is 18.7 Å². The summed E-state index contributed by atoms with van der Waals surface area (Å²) in [5.74, 6) is -0.849. The lowest BCUT2D eigenvalue weighted by Crippen LogP contribution is -2.51. The summed E-state index contributed by atoms with van der Waals surface area (Å²) in [5.41, 5.74) is 1.53. The Morgan fingerprint density at radius 2 is 2.05 bits per heavy atom. The van der Waals surface area contributed by atoms with Crippen molar-refractivity contribution in [1.29, 1.82) is 0 Å². The summed E-state index contributed by atoms with van der Waals surface area (Å²) in [7, 11) is 0. The predicted octanol–water partition coefficient (Wildman–Crippen LogP) is -0.138. The molecule has 7 nitrogen and oxygen atoms in total. The maximum atomic E-state index is 12.1. The van der Waals surface area contributed by atoms with Crippen LogP contribution in [0.5, 0.6) is 0 Å². The largest absolute Gasteiger partial charge is 0.481 e. The predicted molar refractivity (Wildman–Crippen MR) is 70.4 cm³/mol. The number of carboxylic acid groups (broad SMARTS) is 1. The van der Waals surface area contributed by atoms with Gasteiger partial charge < -0.3 is 15.0 Å². The molecule has 1 fully saturated rings. The molecule has 20 heavy (non-hydrogen) atoms. The van der Waals surface area contributed by atoms with Crippen molar-refractivity contribution >= 4 is 11.9 Å². The van der Waals surface area contributed by atoms with Crippen LogP contribution in [0.2, 0.25) is 0 Å². The molecule has 1 aromatic rings. The van der Waals surface area contributed by atoms with Crippen LogP contribution in [0.4, 0.5) is 0 Å². The van der Waals surface area contributed by atoms with Gasteiger partial charge in [0.1, 0.15) is 0 Å². The molecule has 2 rings (SSSR count). The zero-order valence-electron chi connectivity index (χ0n) is 11.5. The second-order valence-corrected chi connectivity index (χ2v) is 5.17. The lowest BCUT2D eigenvalue weighted by molar-refractivity contribution is -0.144. The van der Waals surface area contributed by atoms with E-state index >= 15 is 0 Å². The highest BCUT2D eigenvalue weighted by Crippen LogP contribution is 2.20. The number of carbonyl (C=O) groups excluding carboxylic acids is 1. The maximum absolute atomic E-state index is 12.1. The summed E-state index contributed by atoms with van der Waals surface area (Å²) >= 11 is 0. The van der Waals surface area contributed by atoms with E-state index in [0.717, 1.165) is 5.56 Å². The molecule has 0 spiro atoms. The number of aromatic amines is 1. The standard InChI is InChI=1S/C13H17N3O4/c1-7-10(8(2)15-13(20)14-7)4-11(17)16-5-9(6-16)3-12(18)19/h9H,3-6H2,1-2H3,(H,18,19)(H,14,15,20). The van der Waals surface area contributed by atoms with Crippen LogP contribution in [-0.2, 0) is 16.0 Å². The molecular weight excluding hydrogens is 262 g/mol. The van der Waals surface area contributed by atoms with Gasteiger partial charge in [0, 0.05) is 36.0 Å². The molecule has 0 unspecified atom stereocenters. The highest BCUT2D eigenvalue weighted by molar-refractivity contribution is 5.80. The van der Waals surface area contributed by atoms with Crippen molar-refractivity contribution in [3.8, 4) is 0 Å². The van der Waals surface area contributed by atoms with Crippen LogP contribution in [0.25, 0.3) is 0 Å². The number of H-pyrrole nitrogens is 1. The number of carboxylic acids is 1. The maximum Gasteiger partial charge on any atom is 0.345 e. The first-order valence-electron chi connectivity index (χ1n) is 6.42. The molecule has 0 atom stereocenters. The van der Waals surface area contributed by atoms with Crippen LogP contribution in [0.3, 0.4) is 0 Å². The molecule has 0 aliphatic carbocycles. The molecule has 7 heteroatoms. The topological polar surface area (TPSA) is 103 Å². The van der Waals surface area contributed by atoms with Crippen LogP contribution >= 0.6 is 0 Å². The molecule has 1 aliphatic heterocycles. The number of aromatic nitrogens is 2. The van der Waals surface area contributed by atoms with Gasteiger partial charge in [-0.05, 0) is 13.8 Å². The average molecular weight is 279 g/mol. The number of rotatable bonds is 4. The van der Waals surface area contributed by atoms with Gasteiger partial charge in [0.15, 0.2) is 0 Å². The molecule has 2 N–H and O–H groups in total. The van der Waals surface area contributed by atoms with Crippen molar-refractivity contribution < 1.29 is 14.7 Å². The molecule has 1 amide bonds. The number of amides is 1. The first-order chi connectivity index (χ1) is 9.36. The summed E-state index contributed by atoms with van der Waals surface area (Å²) in [6.07, 6.45) is 0.281. The number of nitrogens with one attached hydrogen (secondary N) is 1. The van der Waals surface area contributed by atoms with E-state index in [1.165, 1.54) is 0 Å². The minimum Gasteiger partial charge on any atom is -0.481 e. The number of hydrogen-bond acceptors (Lipinski definition) is 4. The molecule has 1 aliphatic rings. The third-order valence-electron chi connectivity index (χ3n) is 3.55. The van der Waals surface area contributed by atoms with Crippen LogP contribution < -0.4 is 5.69 Å². The first-order valence-corrected chi connectivity index (χ1v) is 6.42. The van der Waals surface area contributed by atoms with Gasteiger partial charge >= 0.3 is 11.7 Å². The monoisotopic (exact) mass is 279 g/mol. The van der Waals surface area contributed by atoms with E-state index < -0.39 is 11.7 Å². The van der Waals surface area contributed by atoms with Crippen molar-refractivity contribution in [3.63, 3.8) is 0 Å². The second kappa shape index (κ2) is 5.44. The summed E-state index contributed by atoms with van der Waals surface area (Å²) in [4.78, 5) is 41.8. The molecule has 108 valence electrons. The quantitative estimate of drug-likeness (QED) is 0.798. The van der Waals surface area contributed by atoms with Crippen molar-refractivity contribution in [1.82, 2.24) is 14.9 Å². The molecule has 1 aromatic heterocycles. The lowest BCUT2D eigenvalue weighted by atomic mass is 9.95. The van der Waals surface area contributed by atoms with E-state index in [9.17, 15) is 14.4 Å². The summed E-state index contributed by atoms with van der Waals surface area (Å²) in [6.45, 7) is 4.41. The van der Waals surface area contributed by atoms with Crippen LogP contribution in [0, 0.1) is 19.8 Å². The molecule has 2 heterocycles. The summed E-state index contributed by atoms with van der Waals surface area (Å²) in [6, 6.07) is 0. The van der Waals surface area contributed by atoms with E-state index in [0.29, 0.717) is 24.5 Å². The van der Waals surface area contributed by atoms with E-state index in [1.807, 2.05) is 0 Å². The normalized spacial score (nSPS) is 15.0. The Morgan fingerprint density at radius 3 is 2.60 bits per heavy atom. The van der Waals surface area contributed by atoms with Gasteiger partial charge in [-0.25, -0.2) is 4.79 Å². The highest BCUT2D eigenvalue weighted by Gasteiger charge is 2.32. The number of likely N-dealkylation sites (tertiary alicyclic amines) is 1.